The Morgan fingerprint density at radius 2 is 2.07 bits per heavy atom. The molecule has 1 fully saturated rings. The van der Waals surface area contributed by atoms with Gasteiger partial charge in [-0.2, -0.15) is 18.2 Å². The van der Waals surface area contributed by atoms with E-state index in [4.69, 9.17) is 4.74 Å². The first-order valence-electron chi connectivity index (χ1n) is 8.72. The average Bonchev–Trinajstić information content (AvgIpc) is 3.18. The van der Waals surface area contributed by atoms with Crippen molar-refractivity contribution in [3.8, 4) is 11.4 Å². The van der Waals surface area contributed by atoms with Crippen molar-refractivity contribution in [2.45, 2.75) is 24.9 Å². The number of halogens is 3. The molecule has 8 nitrogen and oxygen atoms in total. The van der Waals surface area contributed by atoms with Crippen LogP contribution in [0.5, 0.6) is 0 Å². The van der Waals surface area contributed by atoms with Crippen LogP contribution in [0, 0.1) is 6.92 Å². The minimum Gasteiger partial charge on any atom is -0.378 e. The van der Waals surface area contributed by atoms with Crippen LogP contribution in [0.15, 0.2) is 28.9 Å². The molecule has 156 valence electrons. The summed E-state index contributed by atoms with van der Waals surface area (Å²) in [4.78, 5) is 3.41. The summed E-state index contributed by atoms with van der Waals surface area (Å²) < 4.78 is 75.8. The highest BCUT2D eigenvalue weighted by Gasteiger charge is 2.38. The molecule has 0 radical (unpaired) electrons. The number of sulfonamides is 1. The van der Waals surface area contributed by atoms with Gasteiger partial charge in [-0.25, -0.2) is 13.1 Å². The molecule has 0 spiro atoms. The van der Waals surface area contributed by atoms with Crippen LogP contribution in [0.3, 0.4) is 0 Å². The molecule has 29 heavy (non-hydrogen) atoms. The third kappa shape index (κ3) is 3.87. The SMILES string of the molecule is Cc1cn(CCNS(=O)(=O)C2COC2)c2cc(-c3noc(C(F)(F)F)n3)ccc12. The van der Waals surface area contributed by atoms with Gasteiger partial charge in [0.15, 0.2) is 0 Å². The summed E-state index contributed by atoms with van der Waals surface area (Å²) in [6.45, 7) is 2.79. The first kappa shape index (κ1) is 19.9. The minimum absolute atomic E-state index is 0.171. The van der Waals surface area contributed by atoms with Crippen LogP contribution in [-0.2, 0) is 27.5 Å². The second kappa shape index (κ2) is 7.11. The lowest BCUT2D eigenvalue weighted by Crippen LogP contribution is -2.47. The van der Waals surface area contributed by atoms with Crippen LogP contribution in [0.2, 0.25) is 0 Å². The van der Waals surface area contributed by atoms with E-state index in [1.165, 1.54) is 0 Å². The van der Waals surface area contributed by atoms with Crippen LogP contribution in [0.25, 0.3) is 22.3 Å². The lowest BCUT2D eigenvalue weighted by molar-refractivity contribution is -0.159. The second-order valence-corrected chi connectivity index (χ2v) is 8.80. The Hall–Kier alpha value is -2.44. The van der Waals surface area contributed by atoms with Crippen LogP contribution < -0.4 is 4.72 Å². The molecule has 0 unspecified atom stereocenters. The maximum Gasteiger partial charge on any atom is 0.471 e. The average molecular weight is 430 g/mol. The molecule has 1 saturated heterocycles. The van der Waals surface area contributed by atoms with E-state index in [1.807, 2.05) is 17.7 Å². The maximum atomic E-state index is 12.7. The zero-order valence-corrected chi connectivity index (χ0v) is 16.0. The van der Waals surface area contributed by atoms with Gasteiger partial charge in [0.1, 0.15) is 5.25 Å². The molecule has 3 aromatic rings. The summed E-state index contributed by atoms with van der Waals surface area (Å²) in [6.07, 6.45) is -2.86. The number of hydrogen-bond acceptors (Lipinski definition) is 6. The van der Waals surface area contributed by atoms with Gasteiger partial charge in [0.05, 0.1) is 13.2 Å². The number of alkyl halides is 3. The summed E-state index contributed by atoms with van der Waals surface area (Å²) in [6, 6.07) is 5.03. The molecule has 1 aromatic carbocycles. The first-order chi connectivity index (χ1) is 13.6. The second-order valence-electron chi connectivity index (χ2n) is 6.76. The fourth-order valence-corrected chi connectivity index (χ4v) is 4.24. The van der Waals surface area contributed by atoms with E-state index in [1.54, 1.807) is 18.2 Å². The van der Waals surface area contributed by atoms with Gasteiger partial charge in [0.25, 0.3) is 0 Å². The smallest absolute Gasteiger partial charge is 0.378 e. The predicted molar refractivity (Wildman–Crippen MR) is 96.5 cm³/mol. The summed E-state index contributed by atoms with van der Waals surface area (Å²) in [7, 11) is -3.43. The molecule has 0 bridgehead atoms. The third-order valence-corrected chi connectivity index (χ3v) is 6.47. The number of ether oxygens (including phenoxy) is 1. The number of nitrogens with zero attached hydrogens (tertiary/aromatic N) is 3. The normalized spacial score (nSPS) is 15.7. The molecule has 0 aliphatic carbocycles. The van der Waals surface area contributed by atoms with Gasteiger partial charge in [0, 0.05) is 35.8 Å². The highest BCUT2D eigenvalue weighted by molar-refractivity contribution is 7.90. The molecule has 4 rings (SSSR count). The Morgan fingerprint density at radius 3 is 2.69 bits per heavy atom. The van der Waals surface area contributed by atoms with E-state index in [0.29, 0.717) is 12.1 Å². The van der Waals surface area contributed by atoms with Crippen LogP contribution >= 0.6 is 0 Å². The Labute approximate surface area is 163 Å². The van der Waals surface area contributed by atoms with Crippen LogP contribution in [0.1, 0.15) is 11.5 Å². The molecule has 1 N–H and O–H groups in total. The van der Waals surface area contributed by atoms with Crippen molar-refractivity contribution in [2.75, 3.05) is 19.8 Å². The van der Waals surface area contributed by atoms with Gasteiger partial charge in [-0.3, -0.25) is 0 Å². The number of nitrogens with one attached hydrogen (secondary N) is 1. The molecule has 1 aliphatic heterocycles. The summed E-state index contributed by atoms with van der Waals surface area (Å²) >= 11 is 0. The van der Waals surface area contributed by atoms with Crippen LogP contribution in [-0.4, -0.2) is 48.1 Å². The van der Waals surface area contributed by atoms with E-state index in [0.717, 1.165) is 16.5 Å². The fourth-order valence-electron chi connectivity index (χ4n) is 3.07. The van der Waals surface area contributed by atoms with E-state index in [-0.39, 0.29) is 25.6 Å². The van der Waals surface area contributed by atoms with E-state index >= 15 is 0 Å². The molecule has 2 aromatic heterocycles. The monoisotopic (exact) mass is 430 g/mol. The van der Waals surface area contributed by atoms with Crippen molar-refractivity contribution in [1.82, 2.24) is 19.4 Å². The molecule has 0 saturated carbocycles. The Bertz CT molecular complexity index is 1150. The van der Waals surface area contributed by atoms with Crippen molar-refractivity contribution < 1.29 is 30.8 Å². The molecule has 3 heterocycles. The van der Waals surface area contributed by atoms with Gasteiger partial charge in [0.2, 0.25) is 15.8 Å². The standard InChI is InChI=1S/C17H17F3N4O4S/c1-10-7-24(5-4-21-29(25,26)12-8-27-9-12)14-6-11(2-3-13(10)14)15-22-16(28-23-15)17(18,19)20/h2-3,6-7,12,21H,4-5,8-9H2,1H3. The van der Waals surface area contributed by atoms with E-state index < -0.39 is 27.3 Å². The van der Waals surface area contributed by atoms with Crippen molar-refractivity contribution in [2.24, 2.45) is 0 Å². The van der Waals surface area contributed by atoms with Crippen molar-refractivity contribution in [3.05, 3.63) is 35.9 Å². The lowest BCUT2D eigenvalue weighted by Gasteiger charge is -2.25. The van der Waals surface area contributed by atoms with Gasteiger partial charge in [-0.15, -0.1) is 0 Å². The summed E-state index contributed by atoms with van der Waals surface area (Å²) in [5, 5.41) is 3.77. The Morgan fingerprint density at radius 1 is 1.31 bits per heavy atom. The quantitative estimate of drug-likeness (QED) is 0.645. The number of aryl methyl sites for hydroxylation is 1. The maximum absolute atomic E-state index is 12.7. The highest BCUT2D eigenvalue weighted by atomic mass is 32.2. The highest BCUT2D eigenvalue weighted by Crippen LogP contribution is 2.31. The number of benzene rings is 1. The molecule has 12 heteroatoms. The van der Waals surface area contributed by atoms with Crippen molar-refractivity contribution in [3.63, 3.8) is 0 Å². The van der Waals surface area contributed by atoms with Crippen molar-refractivity contribution in [1.29, 1.82) is 0 Å². The predicted octanol–water partition coefficient (Wildman–Crippen LogP) is 2.34. The molecule has 0 amide bonds. The van der Waals surface area contributed by atoms with Gasteiger partial charge < -0.3 is 13.8 Å². The topological polar surface area (TPSA) is 99.2 Å². The zero-order valence-electron chi connectivity index (χ0n) is 15.2. The summed E-state index contributed by atoms with van der Waals surface area (Å²) in [5.41, 5.74) is 2.04. The molecule has 0 atom stereocenters. The van der Waals surface area contributed by atoms with E-state index in [9.17, 15) is 21.6 Å². The van der Waals surface area contributed by atoms with Crippen molar-refractivity contribution >= 4 is 20.9 Å². The zero-order chi connectivity index (χ0) is 20.8. The first-order valence-corrected chi connectivity index (χ1v) is 10.3. The number of fused-ring (bicyclic) bond motifs is 1. The summed E-state index contributed by atoms with van der Waals surface area (Å²) in [5.74, 6) is -1.58. The third-order valence-electron chi connectivity index (χ3n) is 4.71. The van der Waals surface area contributed by atoms with Gasteiger partial charge >= 0.3 is 12.1 Å². The van der Waals surface area contributed by atoms with Gasteiger partial charge in [-0.1, -0.05) is 17.3 Å². The Balaban J connectivity index is 1.57. The number of aromatic nitrogens is 3. The van der Waals surface area contributed by atoms with Gasteiger partial charge in [-0.05, 0) is 18.6 Å². The number of rotatable bonds is 6. The van der Waals surface area contributed by atoms with Crippen LogP contribution in [0.4, 0.5) is 13.2 Å². The Kier molecular flexibility index (Phi) is 4.87. The van der Waals surface area contributed by atoms with E-state index in [2.05, 4.69) is 19.4 Å². The molecular weight excluding hydrogens is 413 g/mol. The largest absolute Gasteiger partial charge is 0.471 e. The minimum atomic E-state index is -4.71. The fraction of sp³-hybridized carbons (Fsp3) is 0.412. The number of hydrogen-bond donors (Lipinski definition) is 1. The molecular formula is C17H17F3N4O4S. The molecule has 1 aliphatic rings. The lowest BCUT2D eigenvalue weighted by atomic mass is 10.1.